The van der Waals surface area contributed by atoms with Gasteiger partial charge in [-0.25, -0.2) is 19.5 Å². The highest BCUT2D eigenvalue weighted by molar-refractivity contribution is 7.90. The Bertz CT molecular complexity index is 1640. The summed E-state index contributed by atoms with van der Waals surface area (Å²) in [6, 6.07) is 12.5. The summed E-state index contributed by atoms with van der Waals surface area (Å²) < 4.78 is 42.9. The molecule has 1 aliphatic rings. The molecule has 3 N–H and O–H groups in total. The third-order valence-electron chi connectivity index (χ3n) is 7.97. The van der Waals surface area contributed by atoms with Gasteiger partial charge < -0.3 is 15.3 Å². The van der Waals surface area contributed by atoms with Gasteiger partial charge in [0.15, 0.2) is 5.03 Å². The van der Waals surface area contributed by atoms with Crippen molar-refractivity contribution in [2.75, 3.05) is 11.9 Å². The zero-order chi connectivity index (χ0) is 32.5. The lowest BCUT2D eigenvalue weighted by molar-refractivity contribution is 0.0975. The Hall–Kier alpha value is -4.13. The zero-order valence-corrected chi connectivity index (χ0v) is 26.6. The molecular weight excluding hydrogens is 587 g/mol. The van der Waals surface area contributed by atoms with Crippen molar-refractivity contribution in [1.29, 1.82) is 0 Å². The number of anilines is 1. The summed E-state index contributed by atoms with van der Waals surface area (Å²) in [5.41, 5.74) is -1.14. The average molecular weight is 627 g/mol. The highest BCUT2D eigenvalue weighted by Crippen LogP contribution is 2.38. The van der Waals surface area contributed by atoms with Crippen molar-refractivity contribution in [2.45, 2.75) is 82.3 Å². The van der Waals surface area contributed by atoms with Crippen LogP contribution in [-0.2, 0) is 21.0 Å². The molecule has 4 heterocycles. The molecule has 1 unspecified atom stereocenters. The lowest BCUT2D eigenvalue weighted by Crippen LogP contribution is -2.41. The van der Waals surface area contributed by atoms with Crippen molar-refractivity contribution in [1.82, 2.24) is 24.6 Å². The Morgan fingerprint density at radius 2 is 1.77 bits per heavy atom. The minimum atomic E-state index is -4.48. The Morgan fingerprint density at radius 3 is 2.36 bits per heavy atom. The molecule has 0 bridgehead atoms. The maximum absolute atomic E-state index is 14.7. The van der Waals surface area contributed by atoms with Crippen molar-refractivity contribution in [3.63, 3.8) is 0 Å². The van der Waals surface area contributed by atoms with Crippen molar-refractivity contribution < 1.29 is 27.5 Å². The summed E-state index contributed by atoms with van der Waals surface area (Å²) in [6.07, 6.45) is 2.64. The van der Waals surface area contributed by atoms with Crippen molar-refractivity contribution in [2.24, 2.45) is 5.92 Å². The van der Waals surface area contributed by atoms with Crippen molar-refractivity contribution in [3.8, 4) is 0 Å². The molecular formula is C31H39FN6O5S. The van der Waals surface area contributed by atoms with Crippen LogP contribution in [0, 0.1) is 11.9 Å². The molecule has 1 aliphatic heterocycles. The van der Waals surface area contributed by atoms with Gasteiger partial charge in [-0.15, -0.1) is 0 Å². The summed E-state index contributed by atoms with van der Waals surface area (Å²) in [5.74, 6) is -1.90. The van der Waals surface area contributed by atoms with Crippen LogP contribution < -0.4 is 10.0 Å². The molecule has 3 aromatic rings. The van der Waals surface area contributed by atoms with Gasteiger partial charge in [0.25, 0.3) is 15.9 Å². The quantitative estimate of drug-likeness (QED) is 0.268. The summed E-state index contributed by atoms with van der Waals surface area (Å²) >= 11 is 0. The molecule has 236 valence electrons. The normalized spacial score (nSPS) is 18.0. The van der Waals surface area contributed by atoms with Crippen LogP contribution in [0.4, 0.5) is 15.0 Å². The lowest BCUT2D eigenvalue weighted by Gasteiger charge is -2.32. The predicted octanol–water partition coefficient (Wildman–Crippen LogP) is 5.31. The second kappa shape index (κ2) is 12.1. The SMILES string of the molecule is CC(C)(C)c1ccc(C(=O)NS(=O)(=O)c2cccc(NC(C)(CC[C@@H]3CN(C(=O)O)C(C)(C)C3)c3ccccn3)n2)c(F)n1. The molecule has 0 spiro atoms. The van der Waals surface area contributed by atoms with E-state index in [0.717, 1.165) is 0 Å². The van der Waals surface area contributed by atoms with Crippen LogP contribution in [0.15, 0.2) is 59.8 Å². The molecule has 0 aliphatic carbocycles. The highest BCUT2D eigenvalue weighted by Gasteiger charge is 2.42. The number of hydrogen-bond donors (Lipinski definition) is 3. The van der Waals surface area contributed by atoms with Crippen LogP contribution in [0.5, 0.6) is 0 Å². The fourth-order valence-corrected chi connectivity index (χ4v) is 6.46. The van der Waals surface area contributed by atoms with E-state index < -0.39 is 55.1 Å². The Labute approximate surface area is 257 Å². The molecule has 44 heavy (non-hydrogen) atoms. The largest absolute Gasteiger partial charge is 0.465 e. The number of halogens is 1. The third-order valence-corrected chi connectivity index (χ3v) is 9.20. The van der Waals surface area contributed by atoms with Gasteiger partial charge in [0.05, 0.1) is 16.8 Å². The summed E-state index contributed by atoms with van der Waals surface area (Å²) in [5, 5.41) is 12.5. The van der Waals surface area contributed by atoms with E-state index in [1.165, 1.54) is 29.2 Å². The van der Waals surface area contributed by atoms with Crippen molar-refractivity contribution >= 4 is 27.8 Å². The van der Waals surface area contributed by atoms with Gasteiger partial charge >= 0.3 is 6.09 Å². The zero-order valence-electron chi connectivity index (χ0n) is 25.8. The van der Waals surface area contributed by atoms with E-state index in [2.05, 4.69) is 20.3 Å². The molecule has 2 atom stereocenters. The van der Waals surface area contributed by atoms with Crippen LogP contribution in [0.3, 0.4) is 0 Å². The van der Waals surface area contributed by atoms with E-state index in [-0.39, 0.29) is 11.7 Å². The van der Waals surface area contributed by atoms with Gasteiger partial charge in [-0.1, -0.05) is 32.9 Å². The fraction of sp³-hybridized carbons (Fsp3) is 0.452. The molecule has 1 fully saturated rings. The van der Waals surface area contributed by atoms with Gasteiger partial charge in [0, 0.05) is 29.4 Å². The topological polar surface area (TPSA) is 154 Å². The number of carboxylic acid groups (broad SMARTS) is 1. The van der Waals surface area contributed by atoms with Gasteiger partial charge in [-0.3, -0.25) is 9.78 Å². The minimum Gasteiger partial charge on any atom is -0.465 e. The first-order valence-corrected chi connectivity index (χ1v) is 15.8. The molecule has 0 radical (unpaired) electrons. The molecule has 11 nitrogen and oxygen atoms in total. The van der Waals surface area contributed by atoms with E-state index in [9.17, 15) is 27.5 Å². The Morgan fingerprint density at radius 1 is 1.05 bits per heavy atom. The monoisotopic (exact) mass is 626 g/mol. The number of aromatic nitrogens is 3. The Balaban J connectivity index is 1.54. The van der Waals surface area contributed by atoms with Gasteiger partial charge in [-0.05, 0) is 82.3 Å². The van der Waals surface area contributed by atoms with Gasteiger partial charge in [0.2, 0.25) is 5.95 Å². The van der Waals surface area contributed by atoms with Crippen LogP contribution in [0.1, 0.15) is 82.6 Å². The van der Waals surface area contributed by atoms with Crippen LogP contribution >= 0.6 is 0 Å². The number of likely N-dealkylation sites (tertiary alicyclic amines) is 1. The maximum atomic E-state index is 14.7. The van der Waals surface area contributed by atoms with E-state index >= 15 is 0 Å². The molecule has 13 heteroatoms. The summed E-state index contributed by atoms with van der Waals surface area (Å²) in [7, 11) is -4.48. The molecule has 2 amide bonds. The number of nitrogens with one attached hydrogen (secondary N) is 2. The Kier molecular flexibility index (Phi) is 9.01. The first-order valence-electron chi connectivity index (χ1n) is 14.3. The van der Waals surface area contributed by atoms with Crippen LogP contribution in [0.2, 0.25) is 0 Å². The number of carbonyl (C=O) groups is 2. The predicted molar refractivity (Wildman–Crippen MR) is 163 cm³/mol. The molecule has 0 saturated carbocycles. The minimum absolute atomic E-state index is 0.119. The number of rotatable bonds is 9. The number of amides is 2. The van der Waals surface area contributed by atoms with E-state index in [4.69, 9.17) is 0 Å². The fourth-order valence-electron chi connectivity index (χ4n) is 5.52. The average Bonchev–Trinajstić information content (AvgIpc) is 3.26. The molecule has 1 saturated heterocycles. The molecule has 0 aromatic carbocycles. The van der Waals surface area contributed by atoms with E-state index in [1.54, 1.807) is 18.3 Å². The first kappa shape index (κ1) is 32.8. The third kappa shape index (κ3) is 7.32. The second-order valence-electron chi connectivity index (χ2n) is 13.1. The molecule has 3 aromatic heterocycles. The summed E-state index contributed by atoms with van der Waals surface area (Å²) in [4.78, 5) is 38.6. The van der Waals surface area contributed by atoms with Crippen molar-refractivity contribution in [3.05, 3.63) is 77.6 Å². The highest BCUT2D eigenvalue weighted by atomic mass is 32.2. The molecule has 4 rings (SSSR count). The number of sulfonamides is 1. The lowest BCUT2D eigenvalue weighted by atomic mass is 9.85. The smallest absolute Gasteiger partial charge is 0.407 e. The van der Waals surface area contributed by atoms with Gasteiger partial charge in [0.1, 0.15) is 5.82 Å². The number of pyridine rings is 3. The standard InChI is InChI=1S/C31H39FN6O5S/c1-29(2,3)22-14-13-21(26(32)34-22)27(39)37-44(42,43)25-12-9-11-24(35-25)36-31(6,23-10-7-8-17-33-23)16-15-20-18-30(4,5)38(19-20)28(40)41/h7-14,17,20H,15-16,18-19H2,1-6H3,(H,35,36)(H,37,39)(H,40,41)/t20-,31?/m0/s1. The maximum Gasteiger partial charge on any atom is 0.407 e. The second-order valence-corrected chi connectivity index (χ2v) is 14.7. The summed E-state index contributed by atoms with van der Waals surface area (Å²) in [6.45, 7) is 11.7. The van der Waals surface area contributed by atoms with E-state index in [0.29, 0.717) is 37.2 Å². The van der Waals surface area contributed by atoms with E-state index in [1.807, 2.05) is 58.4 Å². The number of carbonyl (C=O) groups excluding carboxylic acids is 1. The van der Waals surface area contributed by atoms with Crippen LogP contribution in [0.25, 0.3) is 0 Å². The number of hydrogen-bond acceptors (Lipinski definition) is 8. The van der Waals surface area contributed by atoms with Crippen LogP contribution in [-0.4, -0.2) is 57.5 Å². The number of nitrogens with zero attached hydrogens (tertiary/aromatic N) is 4. The first-order chi connectivity index (χ1) is 20.4. The van der Waals surface area contributed by atoms with Gasteiger partial charge in [-0.2, -0.15) is 12.8 Å².